The molecule has 226 valence electrons. The van der Waals surface area contributed by atoms with Crippen LogP contribution in [-0.4, -0.2) is 61.5 Å². The van der Waals surface area contributed by atoms with Crippen LogP contribution in [0.25, 0.3) is 0 Å². The van der Waals surface area contributed by atoms with Gasteiger partial charge in [-0.25, -0.2) is 8.42 Å². The van der Waals surface area contributed by atoms with Crippen molar-refractivity contribution >= 4 is 26.5 Å². The van der Waals surface area contributed by atoms with Gasteiger partial charge in [-0.15, -0.1) is 0 Å². The normalized spacial score (nSPS) is 23.4. The van der Waals surface area contributed by atoms with Crippen LogP contribution in [0.15, 0.2) is 35.2 Å². The Morgan fingerprint density at radius 2 is 1.41 bits per heavy atom. The molecule has 5 atom stereocenters. The van der Waals surface area contributed by atoms with Gasteiger partial charge in [-0.1, -0.05) is 73.6 Å². The zero-order valence-electron chi connectivity index (χ0n) is 27.0. The van der Waals surface area contributed by atoms with E-state index >= 15 is 0 Å². The second kappa shape index (κ2) is 12.0. The fourth-order valence-electron chi connectivity index (χ4n) is 4.56. The molecule has 1 aromatic carbocycles. The quantitative estimate of drug-likeness (QED) is 0.243. The van der Waals surface area contributed by atoms with Gasteiger partial charge in [0.2, 0.25) is 0 Å². The van der Waals surface area contributed by atoms with E-state index in [2.05, 4.69) is 74.7 Å². The molecule has 1 aliphatic heterocycles. The average Bonchev–Trinajstić information content (AvgIpc) is 3.09. The molecule has 0 amide bonds. The highest BCUT2D eigenvalue weighted by molar-refractivity contribution is 7.91. The first-order chi connectivity index (χ1) is 17.4. The highest BCUT2D eigenvalue weighted by Gasteiger charge is 2.50. The molecule has 1 aromatic rings. The molecule has 39 heavy (non-hydrogen) atoms. The molecule has 0 unspecified atom stereocenters. The van der Waals surface area contributed by atoms with Gasteiger partial charge < -0.3 is 18.3 Å². The molecule has 0 spiro atoms. The molecule has 1 heterocycles. The number of benzene rings is 1. The van der Waals surface area contributed by atoms with Crippen molar-refractivity contribution in [2.75, 3.05) is 12.4 Å². The lowest BCUT2D eigenvalue weighted by Crippen LogP contribution is -2.52. The molecule has 0 aliphatic carbocycles. The molecular formula is C30H56O6SSi2. The topological polar surface area (TPSA) is 71.1 Å². The minimum Gasteiger partial charge on any atom is -0.414 e. The highest BCUT2D eigenvalue weighted by Crippen LogP contribution is 2.43. The molecule has 0 saturated carbocycles. The van der Waals surface area contributed by atoms with Crippen LogP contribution in [-0.2, 0) is 28.2 Å². The molecule has 9 heteroatoms. The van der Waals surface area contributed by atoms with Crippen molar-refractivity contribution < 1.29 is 26.7 Å². The summed E-state index contributed by atoms with van der Waals surface area (Å²) in [6.07, 6.45) is -0.892. The SMILES string of the molecule is C[C@H]([C@@H](O[Si](C)(C)C(C)(C)C)[C@@H](C)CS(=O)(=O)c1ccccc1)[C@@H]1OC(C)(C)O[C@H]1CO[Si](C)(C)C(C)(C)C. The van der Waals surface area contributed by atoms with Crippen molar-refractivity contribution in [3.05, 3.63) is 30.3 Å². The Morgan fingerprint density at radius 3 is 1.90 bits per heavy atom. The number of hydrogen-bond donors (Lipinski definition) is 0. The summed E-state index contributed by atoms with van der Waals surface area (Å²) in [7, 11) is -7.74. The third kappa shape index (κ3) is 8.72. The fraction of sp³-hybridized carbons (Fsp3) is 0.800. The van der Waals surface area contributed by atoms with Gasteiger partial charge in [0.1, 0.15) is 6.10 Å². The van der Waals surface area contributed by atoms with Gasteiger partial charge in [0.25, 0.3) is 0 Å². The Morgan fingerprint density at radius 1 is 0.897 bits per heavy atom. The van der Waals surface area contributed by atoms with Crippen molar-refractivity contribution in [1.29, 1.82) is 0 Å². The average molecular weight is 601 g/mol. The molecule has 0 bridgehead atoms. The minimum absolute atomic E-state index is 0.00273. The number of ether oxygens (including phenoxy) is 2. The summed E-state index contributed by atoms with van der Waals surface area (Å²) in [5.41, 5.74) is 0. The van der Waals surface area contributed by atoms with E-state index in [4.69, 9.17) is 18.3 Å². The number of sulfone groups is 1. The van der Waals surface area contributed by atoms with Crippen LogP contribution in [0.1, 0.15) is 69.2 Å². The van der Waals surface area contributed by atoms with E-state index in [-0.39, 0.29) is 46.0 Å². The van der Waals surface area contributed by atoms with E-state index < -0.39 is 32.3 Å². The van der Waals surface area contributed by atoms with Crippen LogP contribution in [0.2, 0.25) is 36.3 Å². The van der Waals surface area contributed by atoms with E-state index in [1.54, 1.807) is 24.3 Å². The van der Waals surface area contributed by atoms with Crippen LogP contribution in [0.3, 0.4) is 0 Å². The van der Waals surface area contributed by atoms with E-state index in [1.807, 2.05) is 26.8 Å². The minimum atomic E-state index is -3.49. The summed E-state index contributed by atoms with van der Waals surface area (Å²) in [6, 6.07) is 8.70. The highest BCUT2D eigenvalue weighted by atomic mass is 32.2. The maximum atomic E-state index is 13.4. The molecule has 0 aromatic heterocycles. The van der Waals surface area contributed by atoms with Crippen LogP contribution < -0.4 is 0 Å². The predicted molar refractivity (Wildman–Crippen MR) is 166 cm³/mol. The van der Waals surface area contributed by atoms with E-state index in [9.17, 15) is 8.42 Å². The van der Waals surface area contributed by atoms with Crippen LogP contribution in [0.4, 0.5) is 0 Å². The summed E-state index contributed by atoms with van der Waals surface area (Å²) >= 11 is 0. The molecule has 6 nitrogen and oxygen atoms in total. The zero-order chi connectivity index (χ0) is 30.2. The largest absolute Gasteiger partial charge is 0.414 e. The molecule has 0 radical (unpaired) electrons. The van der Waals surface area contributed by atoms with Gasteiger partial charge in [0.05, 0.1) is 29.5 Å². The molecular weight excluding hydrogens is 545 g/mol. The Bertz CT molecular complexity index is 1040. The number of hydrogen-bond acceptors (Lipinski definition) is 6. The van der Waals surface area contributed by atoms with Crippen LogP contribution in [0, 0.1) is 11.8 Å². The molecule has 2 rings (SSSR count). The summed E-state index contributed by atoms with van der Waals surface area (Å²) in [5, 5.41) is 0.0531. The van der Waals surface area contributed by atoms with Gasteiger partial charge >= 0.3 is 0 Å². The maximum absolute atomic E-state index is 13.4. The summed E-state index contributed by atoms with van der Waals surface area (Å²) in [6.45, 7) is 30.7. The van der Waals surface area contributed by atoms with E-state index in [1.165, 1.54) is 0 Å². The first-order valence-corrected chi connectivity index (χ1v) is 21.8. The monoisotopic (exact) mass is 600 g/mol. The van der Waals surface area contributed by atoms with Crippen LogP contribution >= 0.6 is 0 Å². The summed E-state index contributed by atoms with van der Waals surface area (Å²) in [5.74, 6) is -1.13. The van der Waals surface area contributed by atoms with E-state index in [0.717, 1.165) is 0 Å². The predicted octanol–water partition coefficient (Wildman–Crippen LogP) is 7.66. The van der Waals surface area contributed by atoms with Crippen molar-refractivity contribution in [2.45, 2.75) is 134 Å². The molecule has 1 saturated heterocycles. The van der Waals surface area contributed by atoms with Crippen molar-refractivity contribution in [1.82, 2.24) is 0 Å². The Kier molecular flexibility index (Phi) is 10.6. The second-order valence-corrected chi connectivity index (χ2v) is 26.6. The third-order valence-corrected chi connectivity index (χ3v) is 20.0. The Labute approximate surface area is 241 Å². The van der Waals surface area contributed by atoms with Crippen LogP contribution in [0.5, 0.6) is 0 Å². The molecule has 1 fully saturated rings. The van der Waals surface area contributed by atoms with Gasteiger partial charge in [-0.05, 0) is 68.2 Å². The van der Waals surface area contributed by atoms with Gasteiger partial charge in [-0.3, -0.25) is 0 Å². The third-order valence-electron chi connectivity index (χ3n) is 9.05. The lowest BCUT2D eigenvalue weighted by molar-refractivity contribution is -0.155. The van der Waals surface area contributed by atoms with Gasteiger partial charge in [0, 0.05) is 5.92 Å². The Hall–Kier alpha value is -0.556. The maximum Gasteiger partial charge on any atom is 0.192 e. The van der Waals surface area contributed by atoms with Gasteiger partial charge in [0.15, 0.2) is 32.3 Å². The lowest BCUT2D eigenvalue weighted by Gasteiger charge is -2.44. The van der Waals surface area contributed by atoms with Crippen molar-refractivity contribution in [3.63, 3.8) is 0 Å². The van der Waals surface area contributed by atoms with Crippen molar-refractivity contribution in [2.24, 2.45) is 11.8 Å². The molecule has 1 aliphatic rings. The zero-order valence-corrected chi connectivity index (χ0v) is 29.9. The standard InChI is InChI=1S/C30H56O6SSi2/c1-22(21-37(31,32)24-18-16-15-17-19-24)26(36-39(13,14)29(6,7)8)23(2)27-25(34-30(9,10)35-27)20-33-38(11,12)28(3,4)5/h15-19,22-23,25-27H,20-21H2,1-14H3/t22-,23+,25-,26-,27-/m0/s1. The summed E-state index contributed by atoms with van der Waals surface area (Å²) in [4.78, 5) is 0.345. The fourth-order valence-corrected chi connectivity index (χ4v) is 8.70. The number of rotatable bonds is 11. The lowest BCUT2D eigenvalue weighted by atomic mass is 9.88. The first kappa shape index (κ1) is 34.6. The smallest absolute Gasteiger partial charge is 0.192 e. The summed E-state index contributed by atoms with van der Waals surface area (Å²) < 4.78 is 53.4. The first-order valence-electron chi connectivity index (χ1n) is 14.4. The second-order valence-electron chi connectivity index (χ2n) is 15.0. The Balaban J connectivity index is 2.41. The van der Waals surface area contributed by atoms with E-state index in [0.29, 0.717) is 11.5 Å². The van der Waals surface area contributed by atoms with Gasteiger partial charge in [-0.2, -0.15) is 0 Å². The molecule has 0 N–H and O–H groups in total. The van der Waals surface area contributed by atoms with Crippen molar-refractivity contribution in [3.8, 4) is 0 Å².